The highest BCUT2D eigenvalue weighted by molar-refractivity contribution is 5.94. The quantitative estimate of drug-likeness (QED) is 0.787. The summed E-state index contributed by atoms with van der Waals surface area (Å²) in [5, 5.41) is 0. The normalized spacial score (nSPS) is 10.4. The SMILES string of the molecule is CC(=O)c1ccc(OCc2cc(F)ccc2C)cc1F. The molecule has 0 fully saturated rings. The van der Waals surface area contributed by atoms with Crippen LogP contribution in [0.1, 0.15) is 28.4 Å². The Bertz CT molecular complexity index is 651. The average molecular weight is 276 g/mol. The van der Waals surface area contributed by atoms with E-state index in [9.17, 15) is 13.6 Å². The van der Waals surface area contributed by atoms with Crippen molar-refractivity contribution in [3.8, 4) is 5.75 Å². The first-order chi connectivity index (χ1) is 9.47. The van der Waals surface area contributed by atoms with Crippen molar-refractivity contribution in [2.24, 2.45) is 0 Å². The first-order valence-electron chi connectivity index (χ1n) is 6.15. The van der Waals surface area contributed by atoms with Crippen molar-refractivity contribution >= 4 is 5.78 Å². The number of ketones is 1. The van der Waals surface area contributed by atoms with Crippen LogP contribution in [0.4, 0.5) is 8.78 Å². The molecule has 0 atom stereocenters. The maximum absolute atomic E-state index is 13.6. The van der Waals surface area contributed by atoms with Gasteiger partial charge in [0.25, 0.3) is 0 Å². The smallest absolute Gasteiger partial charge is 0.162 e. The number of hydrogen-bond acceptors (Lipinski definition) is 2. The molecule has 2 nitrogen and oxygen atoms in total. The summed E-state index contributed by atoms with van der Waals surface area (Å²) in [7, 11) is 0. The first kappa shape index (κ1) is 14.2. The summed E-state index contributed by atoms with van der Waals surface area (Å²) in [6.45, 7) is 3.29. The lowest BCUT2D eigenvalue weighted by molar-refractivity contribution is 0.101. The van der Waals surface area contributed by atoms with Crippen molar-refractivity contribution in [2.75, 3.05) is 0 Å². The zero-order chi connectivity index (χ0) is 14.7. The molecule has 0 saturated heterocycles. The van der Waals surface area contributed by atoms with E-state index in [4.69, 9.17) is 4.74 Å². The Morgan fingerprint density at radius 2 is 1.90 bits per heavy atom. The van der Waals surface area contributed by atoms with Gasteiger partial charge in [-0.1, -0.05) is 6.07 Å². The molecule has 0 unspecified atom stereocenters. The number of carbonyl (C=O) groups excluding carboxylic acids is 1. The van der Waals surface area contributed by atoms with Crippen LogP contribution in [0.5, 0.6) is 5.75 Å². The predicted octanol–water partition coefficient (Wildman–Crippen LogP) is 4.05. The molecule has 0 spiro atoms. The second kappa shape index (κ2) is 5.82. The molecular weight excluding hydrogens is 262 g/mol. The fourth-order valence-electron chi connectivity index (χ4n) is 1.83. The molecule has 0 N–H and O–H groups in total. The molecule has 0 aliphatic rings. The van der Waals surface area contributed by atoms with Crippen LogP contribution >= 0.6 is 0 Å². The Morgan fingerprint density at radius 1 is 1.15 bits per heavy atom. The van der Waals surface area contributed by atoms with Crippen molar-refractivity contribution in [1.29, 1.82) is 0 Å². The van der Waals surface area contributed by atoms with Crippen LogP contribution in [0.25, 0.3) is 0 Å². The third-order valence-corrected chi connectivity index (χ3v) is 3.03. The van der Waals surface area contributed by atoms with Gasteiger partial charge in [0.2, 0.25) is 0 Å². The molecule has 2 rings (SSSR count). The molecule has 20 heavy (non-hydrogen) atoms. The Hall–Kier alpha value is -2.23. The standard InChI is InChI=1S/C16H14F2O2/c1-10-3-4-13(17)7-12(10)9-20-14-5-6-15(11(2)19)16(18)8-14/h3-8H,9H2,1-2H3. The van der Waals surface area contributed by atoms with Crippen molar-refractivity contribution in [3.05, 3.63) is 64.7 Å². The maximum atomic E-state index is 13.6. The zero-order valence-electron chi connectivity index (χ0n) is 11.2. The van der Waals surface area contributed by atoms with Gasteiger partial charge < -0.3 is 4.74 Å². The third kappa shape index (κ3) is 3.20. The average Bonchev–Trinajstić information content (AvgIpc) is 2.39. The van der Waals surface area contributed by atoms with E-state index in [1.54, 1.807) is 6.07 Å². The summed E-state index contributed by atoms with van der Waals surface area (Å²) in [6.07, 6.45) is 0. The van der Waals surface area contributed by atoms with E-state index >= 15 is 0 Å². The summed E-state index contributed by atoms with van der Waals surface area (Å²) in [5.74, 6) is -0.996. The first-order valence-corrected chi connectivity index (χ1v) is 6.15. The number of carbonyl (C=O) groups is 1. The molecule has 0 radical (unpaired) electrons. The van der Waals surface area contributed by atoms with E-state index < -0.39 is 5.82 Å². The highest BCUT2D eigenvalue weighted by atomic mass is 19.1. The van der Waals surface area contributed by atoms with E-state index in [2.05, 4.69) is 0 Å². The van der Waals surface area contributed by atoms with E-state index in [0.717, 1.165) is 11.6 Å². The summed E-state index contributed by atoms with van der Waals surface area (Å²) in [5.41, 5.74) is 1.62. The fourth-order valence-corrected chi connectivity index (χ4v) is 1.83. The molecule has 0 amide bonds. The summed E-state index contributed by atoms with van der Waals surface area (Å²) in [6, 6.07) is 8.48. The highest BCUT2D eigenvalue weighted by Gasteiger charge is 2.09. The number of benzene rings is 2. The lowest BCUT2D eigenvalue weighted by atomic mass is 10.1. The van der Waals surface area contributed by atoms with Crippen LogP contribution in [-0.4, -0.2) is 5.78 Å². The third-order valence-electron chi connectivity index (χ3n) is 3.03. The van der Waals surface area contributed by atoms with E-state index in [1.165, 1.54) is 31.2 Å². The van der Waals surface area contributed by atoms with E-state index in [1.807, 2.05) is 6.92 Å². The maximum Gasteiger partial charge on any atom is 0.162 e. The van der Waals surface area contributed by atoms with Gasteiger partial charge in [0.1, 0.15) is 24.0 Å². The number of halogens is 2. The van der Waals surface area contributed by atoms with Crippen LogP contribution in [0.15, 0.2) is 36.4 Å². The van der Waals surface area contributed by atoms with Gasteiger partial charge >= 0.3 is 0 Å². The van der Waals surface area contributed by atoms with Crippen LogP contribution in [0.2, 0.25) is 0 Å². The summed E-state index contributed by atoms with van der Waals surface area (Å²) >= 11 is 0. The molecular formula is C16H14F2O2. The van der Waals surface area contributed by atoms with Gasteiger partial charge in [-0.05, 0) is 49.2 Å². The molecule has 2 aromatic rings. The molecule has 0 aromatic heterocycles. The fraction of sp³-hybridized carbons (Fsp3) is 0.188. The number of aryl methyl sites for hydroxylation is 1. The van der Waals surface area contributed by atoms with Gasteiger partial charge in [0.15, 0.2) is 5.78 Å². The summed E-state index contributed by atoms with van der Waals surface area (Å²) in [4.78, 5) is 11.1. The molecule has 104 valence electrons. The topological polar surface area (TPSA) is 26.3 Å². The molecule has 0 aliphatic heterocycles. The Balaban J connectivity index is 2.13. The largest absolute Gasteiger partial charge is 0.489 e. The molecule has 4 heteroatoms. The number of ether oxygens (including phenoxy) is 1. The van der Waals surface area contributed by atoms with Crippen molar-refractivity contribution in [1.82, 2.24) is 0 Å². The minimum absolute atomic E-state index is 0.0271. The Labute approximate surface area is 116 Å². The zero-order valence-corrected chi connectivity index (χ0v) is 11.2. The second-order valence-corrected chi connectivity index (χ2v) is 4.56. The van der Waals surface area contributed by atoms with Crippen LogP contribution in [0, 0.1) is 18.6 Å². The van der Waals surface area contributed by atoms with Crippen LogP contribution in [0.3, 0.4) is 0 Å². The monoisotopic (exact) mass is 276 g/mol. The van der Waals surface area contributed by atoms with Gasteiger partial charge in [-0.3, -0.25) is 4.79 Å². The molecule has 2 aromatic carbocycles. The number of Topliss-reactive ketones (excluding diaryl/α,β-unsaturated/α-hetero) is 1. The Morgan fingerprint density at radius 3 is 2.55 bits per heavy atom. The predicted molar refractivity (Wildman–Crippen MR) is 71.9 cm³/mol. The minimum atomic E-state index is -0.619. The van der Waals surface area contributed by atoms with Crippen molar-refractivity contribution in [3.63, 3.8) is 0 Å². The lowest BCUT2D eigenvalue weighted by Crippen LogP contribution is -2.01. The highest BCUT2D eigenvalue weighted by Crippen LogP contribution is 2.19. The van der Waals surface area contributed by atoms with Gasteiger partial charge in [0.05, 0.1) is 5.56 Å². The Kier molecular flexibility index (Phi) is 4.13. The molecule has 0 bridgehead atoms. The van der Waals surface area contributed by atoms with Gasteiger partial charge in [-0.15, -0.1) is 0 Å². The van der Waals surface area contributed by atoms with E-state index in [-0.39, 0.29) is 23.8 Å². The second-order valence-electron chi connectivity index (χ2n) is 4.56. The van der Waals surface area contributed by atoms with E-state index in [0.29, 0.717) is 11.3 Å². The molecule has 0 aliphatic carbocycles. The van der Waals surface area contributed by atoms with Gasteiger partial charge in [-0.2, -0.15) is 0 Å². The van der Waals surface area contributed by atoms with Crippen LogP contribution < -0.4 is 4.74 Å². The minimum Gasteiger partial charge on any atom is -0.489 e. The number of rotatable bonds is 4. The molecule has 0 saturated carbocycles. The number of hydrogen-bond donors (Lipinski definition) is 0. The van der Waals surface area contributed by atoms with Crippen molar-refractivity contribution in [2.45, 2.75) is 20.5 Å². The van der Waals surface area contributed by atoms with Gasteiger partial charge in [-0.25, -0.2) is 8.78 Å². The van der Waals surface area contributed by atoms with Crippen molar-refractivity contribution < 1.29 is 18.3 Å². The molecule has 0 heterocycles. The van der Waals surface area contributed by atoms with Crippen LogP contribution in [-0.2, 0) is 6.61 Å². The lowest BCUT2D eigenvalue weighted by Gasteiger charge is -2.09. The summed E-state index contributed by atoms with van der Waals surface area (Å²) < 4.78 is 32.2. The van der Waals surface area contributed by atoms with Gasteiger partial charge in [0, 0.05) is 6.07 Å².